The molecule has 6 heteroatoms. The fourth-order valence-corrected chi connectivity index (χ4v) is 4.65. The van der Waals surface area contributed by atoms with E-state index in [4.69, 9.17) is 4.74 Å². The lowest BCUT2D eigenvalue weighted by Crippen LogP contribution is -2.40. The molecular formula is C24H22N2O3S. The van der Waals surface area contributed by atoms with Gasteiger partial charge in [0.2, 0.25) is 0 Å². The van der Waals surface area contributed by atoms with Crippen LogP contribution in [0.25, 0.3) is 6.08 Å². The third-order valence-corrected chi connectivity index (χ3v) is 6.12. The van der Waals surface area contributed by atoms with Crippen LogP contribution in [0.1, 0.15) is 36.1 Å². The van der Waals surface area contributed by atoms with E-state index in [1.807, 2.05) is 74.5 Å². The molecule has 0 amide bonds. The minimum atomic E-state index is -0.565. The van der Waals surface area contributed by atoms with Crippen LogP contribution in [0, 0.1) is 6.92 Å². The molecule has 30 heavy (non-hydrogen) atoms. The van der Waals surface area contributed by atoms with Crippen molar-refractivity contribution in [2.75, 3.05) is 7.11 Å². The van der Waals surface area contributed by atoms with Gasteiger partial charge < -0.3 is 4.74 Å². The minimum absolute atomic E-state index is 0.162. The zero-order valence-electron chi connectivity index (χ0n) is 17.1. The van der Waals surface area contributed by atoms with Crippen LogP contribution in [-0.2, 0) is 9.53 Å². The Kier molecular flexibility index (Phi) is 5.50. The number of carbonyl (C=O) groups is 1. The van der Waals surface area contributed by atoms with Crippen molar-refractivity contribution in [1.82, 2.24) is 4.57 Å². The highest BCUT2D eigenvalue weighted by atomic mass is 32.1. The number of benzene rings is 2. The number of aryl methyl sites for hydroxylation is 1. The monoisotopic (exact) mass is 418 g/mol. The number of ether oxygens (including phenoxy) is 1. The second-order valence-electron chi connectivity index (χ2n) is 7.11. The molecule has 0 saturated heterocycles. The molecule has 0 fully saturated rings. The van der Waals surface area contributed by atoms with Crippen LogP contribution >= 0.6 is 11.3 Å². The maximum Gasteiger partial charge on any atom is 0.338 e. The average Bonchev–Trinajstić information content (AvgIpc) is 3.08. The van der Waals surface area contributed by atoms with Crippen molar-refractivity contribution in [3.63, 3.8) is 0 Å². The third kappa shape index (κ3) is 3.55. The van der Waals surface area contributed by atoms with Gasteiger partial charge in [0, 0.05) is 0 Å². The van der Waals surface area contributed by atoms with Crippen LogP contribution < -0.4 is 14.9 Å². The third-order valence-electron chi connectivity index (χ3n) is 5.14. The fraction of sp³-hybridized carbons (Fsp3) is 0.208. The number of allylic oxidation sites excluding steroid dienone is 1. The molecule has 0 aliphatic carbocycles. The van der Waals surface area contributed by atoms with Crippen LogP contribution in [0.3, 0.4) is 0 Å². The lowest BCUT2D eigenvalue weighted by molar-refractivity contribution is -0.136. The summed E-state index contributed by atoms with van der Waals surface area (Å²) in [4.78, 5) is 31.4. The minimum Gasteiger partial charge on any atom is -0.466 e. The van der Waals surface area contributed by atoms with Crippen LogP contribution in [-0.4, -0.2) is 17.6 Å². The highest BCUT2D eigenvalue weighted by Crippen LogP contribution is 2.31. The zero-order chi connectivity index (χ0) is 21.3. The lowest BCUT2D eigenvalue weighted by atomic mass is 9.95. The Balaban J connectivity index is 1.99. The molecule has 1 aliphatic heterocycles. The van der Waals surface area contributed by atoms with E-state index >= 15 is 0 Å². The maximum absolute atomic E-state index is 13.4. The Morgan fingerprint density at radius 1 is 1.17 bits per heavy atom. The second-order valence-corrected chi connectivity index (χ2v) is 8.12. The van der Waals surface area contributed by atoms with Gasteiger partial charge in [-0.1, -0.05) is 78.4 Å². The number of hydrogen-bond donors (Lipinski definition) is 0. The maximum atomic E-state index is 13.4. The first-order valence-electron chi connectivity index (χ1n) is 9.78. The van der Waals surface area contributed by atoms with E-state index in [9.17, 15) is 9.59 Å². The molecule has 0 bridgehead atoms. The van der Waals surface area contributed by atoms with Crippen LogP contribution in [0.15, 0.2) is 75.7 Å². The number of thiazole rings is 1. The van der Waals surface area contributed by atoms with Crippen molar-refractivity contribution < 1.29 is 9.53 Å². The smallest absolute Gasteiger partial charge is 0.338 e. The molecule has 4 rings (SSSR count). The van der Waals surface area contributed by atoms with Crippen molar-refractivity contribution in [1.29, 1.82) is 0 Å². The van der Waals surface area contributed by atoms with E-state index < -0.39 is 12.0 Å². The summed E-state index contributed by atoms with van der Waals surface area (Å²) in [6.07, 6.45) is 2.44. The van der Waals surface area contributed by atoms with E-state index in [2.05, 4.69) is 4.99 Å². The van der Waals surface area contributed by atoms with Crippen molar-refractivity contribution >= 4 is 23.4 Å². The highest BCUT2D eigenvalue weighted by molar-refractivity contribution is 7.07. The molecule has 0 radical (unpaired) electrons. The van der Waals surface area contributed by atoms with E-state index in [-0.39, 0.29) is 5.56 Å². The Morgan fingerprint density at radius 2 is 1.87 bits per heavy atom. The molecule has 2 heterocycles. The predicted octanol–water partition coefficient (Wildman–Crippen LogP) is 3.11. The largest absolute Gasteiger partial charge is 0.466 e. The Morgan fingerprint density at radius 3 is 2.50 bits per heavy atom. The number of carbonyl (C=O) groups excluding carboxylic acids is 1. The van der Waals surface area contributed by atoms with Crippen LogP contribution in [0.5, 0.6) is 0 Å². The standard InChI is InChI=1S/C24H22N2O3S/c1-4-18-20(23(28)29-3)21(17-8-6-5-7-9-17)26-22(27)19(30-24(26)25-18)14-16-12-10-15(2)11-13-16/h5-14,21H,4H2,1-3H3/b19-14-/t21-/m0/s1. The number of methoxy groups -OCH3 is 1. The molecule has 1 aliphatic rings. The van der Waals surface area contributed by atoms with Gasteiger partial charge in [-0.15, -0.1) is 0 Å². The van der Waals surface area contributed by atoms with Crippen molar-refractivity contribution in [3.8, 4) is 0 Å². The average molecular weight is 419 g/mol. The van der Waals surface area contributed by atoms with Gasteiger partial charge in [0.15, 0.2) is 4.80 Å². The van der Waals surface area contributed by atoms with Gasteiger partial charge in [-0.2, -0.15) is 0 Å². The Bertz CT molecular complexity index is 1300. The van der Waals surface area contributed by atoms with Crippen LogP contribution in [0.2, 0.25) is 0 Å². The van der Waals surface area contributed by atoms with Crippen LogP contribution in [0.4, 0.5) is 0 Å². The van der Waals surface area contributed by atoms with E-state index in [0.29, 0.717) is 27.0 Å². The molecule has 3 aromatic rings. The van der Waals surface area contributed by atoms with Gasteiger partial charge >= 0.3 is 5.97 Å². The van der Waals surface area contributed by atoms with Gasteiger partial charge in [0.1, 0.15) is 0 Å². The number of aromatic nitrogens is 1. The summed E-state index contributed by atoms with van der Waals surface area (Å²) in [7, 11) is 1.35. The number of nitrogens with zero attached hydrogens (tertiary/aromatic N) is 2. The van der Waals surface area contributed by atoms with Gasteiger partial charge in [-0.05, 0) is 30.5 Å². The normalized spacial score (nSPS) is 16.2. The Labute approximate surface area is 178 Å². The number of fused-ring (bicyclic) bond motifs is 1. The van der Waals surface area contributed by atoms with Crippen molar-refractivity contribution in [2.24, 2.45) is 4.99 Å². The van der Waals surface area contributed by atoms with Gasteiger partial charge in [-0.3, -0.25) is 9.36 Å². The quantitative estimate of drug-likeness (QED) is 0.612. The summed E-state index contributed by atoms with van der Waals surface area (Å²) < 4.78 is 7.27. The van der Waals surface area contributed by atoms with Gasteiger partial charge in [0.25, 0.3) is 5.56 Å². The first kappa shape index (κ1) is 20.0. The molecular weight excluding hydrogens is 396 g/mol. The number of rotatable bonds is 4. The molecule has 2 aromatic carbocycles. The fourth-order valence-electron chi connectivity index (χ4n) is 3.63. The highest BCUT2D eigenvalue weighted by Gasteiger charge is 2.33. The molecule has 0 unspecified atom stereocenters. The molecule has 0 saturated carbocycles. The van der Waals surface area contributed by atoms with E-state index in [1.54, 1.807) is 4.57 Å². The van der Waals surface area contributed by atoms with Crippen molar-refractivity contribution in [2.45, 2.75) is 26.3 Å². The molecule has 1 atom stereocenters. The number of hydrogen-bond acceptors (Lipinski definition) is 5. The lowest BCUT2D eigenvalue weighted by Gasteiger charge is -2.25. The first-order valence-corrected chi connectivity index (χ1v) is 10.6. The summed E-state index contributed by atoms with van der Waals surface area (Å²) in [6.45, 7) is 3.97. The molecule has 0 spiro atoms. The van der Waals surface area contributed by atoms with E-state index in [0.717, 1.165) is 16.7 Å². The predicted molar refractivity (Wildman–Crippen MR) is 118 cm³/mol. The SMILES string of the molecule is CCC1=C(C(=O)OC)[C@H](c2ccccc2)n2c(s/c(=C\c3ccc(C)cc3)c2=O)=N1. The van der Waals surface area contributed by atoms with Crippen molar-refractivity contribution in [3.05, 3.63) is 102 Å². The molecule has 5 nitrogen and oxygen atoms in total. The summed E-state index contributed by atoms with van der Waals surface area (Å²) in [5.74, 6) is -0.461. The summed E-state index contributed by atoms with van der Waals surface area (Å²) in [5.41, 5.74) is 3.86. The van der Waals surface area contributed by atoms with E-state index in [1.165, 1.54) is 18.4 Å². The molecule has 152 valence electrons. The van der Waals surface area contributed by atoms with Gasteiger partial charge in [-0.25, -0.2) is 9.79 Å². The number of esters is 1. The summed E-state index contributed by atoms with van der Waals surface area (Å²) >= 11 is 1.34. The zero-order valence-corrected chi connectivity index (χ0v) is 17.9. The molecule has 1 aromatic heterocycles. The Hall–Kier alpha value is -3.25. The summed E-state index contributed by atoms with van der Waals surface area (Å²) in [6, 6.07) is 17.0. The van der Waals surface area contributed by atoms with Gasteiger partial charge in [0.05, 0.1) is 29.0 Å². The topological polar surface area (TPSA) is 60.7 Å². The first-order chi connectivity index (χ1) is 14.5. The second kappa shape index (κ2) is 8.24. The summed E-state index contributed by atoms with van der Waals surface area (Å²) in [5, 5.41) is 0. The molecule has 0 N–H and O–H groups in total.